The van der Waals surface area contributed by atoms with Crippen LogP contribution >= 0.6 is 11.3 Å². The van der Waals surface area contributed by atoms with Crippen LogP contribution in [0.2, 0.25) is 0 Å². The van der Waals surface area contributed by atoms with E-state index in [4.69, 9.17) is 4.42 Å². The van der Waals surface area contributed by atoms with Gasteiger partial charge in [-0.05, 0) is 112 Å². The average Bonchev–Trinajstić information content (AvgIpc) is 3.76. The molecule has 9 aromatic rings. The number of aromatic nitrogens is 1. The lowest BCUT2D eigenvalue weighted by molar-refractivity contribution is 0.669. The Labute approximate surface area is 251 Å². The Kier molecular flexibility index (Phi) is 4.74. The summed E-state index contributed by atoms with van der Waals surface area (Å²) in [7, 11) is 0. The standard InChI is InChI=1S/C40H25NOS/c1-2-8-27(9-3-1)41-19-18-25-21-33-26(23-35(25)41)22-32(24-14-17-37-34(20-24)28-10-4-6-12-36(28)42-37)30-15-16-31-29-11-5-7-13-38(29)43-40(31)39(30)33/h1-4,6-10,12-23H,5,11H2. The van der Waals surface area contributed by atoms with Gasteiger partial charge in [-0.25, -0.2) is 0 Å². The summed E-state index contributed by atoms with van der Waals surface area (Å²) in [6.07, 6.45) is 9.08. The first kappa shape index (κ1) is 23.4. The number of furan rings is 1. The second kappa shape index (κ2) is 8.70. The molecule has 6 aromatic carbocycles. The van der Waals surface area contributed by atoms with Crippen molar-refractivity contribution >= 4 is 81.9 Å². The number of thiophene rings is 1. The Morgan fingerprint density at radius 3 is 2.47 bits per heavy atom. The molecule has 0 fully saturated rings. The summed E-state index contributed by atoms with van der Waals surface area (Å²) >= 11 is 1.95. The van der Waals surface area contributed by atoms with Crippen LogP contribution in [0.4, 0.5) is 0 Å². The summed E-state index contributed by atoms with van der Waals surface area (Å²) in [4.78, 5) is 1.41. The molecule has 0 amide bonds. The van der Waals surface area contributed by atoms with Gasteiger partial charge in [-0.15, -0.1) is 11.3 Å². The van der Waals surface area contributed by atoms with Gasteiger partial charge in [0.15, 0.2) is 0 Å². The van der Waals surface area contributed by atoms with Crippen molar-refractivity contribution in [2.75, 3.05) is 0 Å². The Balaban J connectivity index is 1.33. The van der Waals surface area contributed by atoms with E-state index in [1.54, 1.807) is 0 Å². The van der Waals surface area contributed by atoms with Crippen LogP contribution in [-0.2, 0) is 6.42 Å². The molecule has 0 saturated carbocycles. The van der Waals surface area contributed by atoms with E-state index in [-0.39, 0.29) is 0 Å². The zero-order chi connectivity index (χ0) is 28.1. The fourth-order valence-corrected chi connectivity index (χ4v) is 8.59. The molecule has 2 nitrogen and oxygen atoms in total. The molecule has 3 aromatic heterocycles. The van der Waals surface area contributed by atoms with Gasteiger partial charge in [-0.3, -0.25) is 0 Å². The third-order valence-corrected chi connectivity index (χ3v) is 10.5. The van der Waals surface area contributed by atoms with Crippen molar-refractivity contribution in [2.45, 2.75) is 12.8 Å². The van der Waals surface area contributed by atoms with Crippen LogP contribution in [0.15, 0.2) is 126 Å². The number of nitrogens with zero attached hydrogens (tertiary/aromatic N) is 1. The quantitative estimate of drug-likeness (QED) is 0.190. The van der Waals surface area contributed by atoms with E-state index in [1.807, 2.05) is 17.4 Å². The molecule has 0 saturated heterocycles. The van der Waals surface area contributed by atoms with Crippen molar-refractivity contribution in [3.8, 4) is 16.8 Å². The maximum atomic E-state index is 6.19. The van der Waals surface area contributed by atoms with Gasteiger partial charge in [0, 0.05) is 43.0 Å². The minimum Gasteiger partial charge on any atom is -0.456 e. The second-order valence-electron chi connectivity index (χ2n) is 11.6. The summed E-state index contributed by atoms with van der Waals surface area (Å²) in [5.41, 5.74) is 8.24. The molecule has 1 aliphatic carbocycles. The van der Waals surface area contributed by atoms with Gasteiger partial charge in [0.2, 0.25) is 0 Å². The topological polar surface area (TPSA) is 18.1 Å². The maximum Gasteiger partial charge on any atom is 0.135 e. The van der Waals surface area contributed by atoms with E-state index < -0.39 is 0 Å². The molecule has 3 heterocycles. The molecule has 202 valence electrons. The van der Waals surface area contributed by atoms with Crippen molar-refractivity contribution in [1.82, 2.24) is 4.57 Å². The molecule has 1 aliphatic rings. The van der Waals surface area contributed by atoms with E-state index in [0.717, 1.165) is 34.8 Å². The Hall–Kier alpha value is -5.12. The smallest absolute Gasteiger partial charge is 0.135 e. The number of aryl methyl sites for hydroxylation is 1. The first-order chi connectivity index (χ1) is 21.3. The highest BCUT2D eigenvalue weighted by atomic mass is 32.1. The monoisotopic (exact) mass is 567 g/mol. The van der Waals surface area contributed by atoms with Gasteiger partial charge in [0.25, 0.3) is 0 Å². The van der Waals surface area contributed by atoms with Gasteiger partial charge in [-0.2, -0.15) is 0 Å². The number of para-hydroxylation sites is 2. The first-order valence-electron chi connectivity index (χ1n) is 14.9. The first-order valence-corrected chi connectivity index (χ1v) is 15.7. The number of hydrogen-bond acceptors (Lipinski definition) is 2. The molecular formula is C40H25NOS. The highest BCUT2D eigenvalue weighted by Crippen LogP contribution is 2.46. The van der Waals surface area contributed by atoms with Crippen molar-refractivity contribution in [2.24, 2.45) is 0 Å². The van der Waals surface area contributed by atoms with Gasteiger partial charge in [0.1, 0.15) is 11.2 Å². The van der Waals surface area contributed by atoms with E-state index in [2.05, 4.69) is 126 Å². The van der Waals surface area contributed by atoms with Crippen LogP contribution in [-0.4, -0.2) is 4.57 Å². The van der Waals surface area contributed by atoms with Crippen LogP contribution in [0.3, 0.4) is 0 Å². The number of allylic oxidation sites excluding steroid dienone is 1. The van der Waals surface area contributed by atoms with Gasteiger partial charge in [-0.1, -0.05) is 60.7 Å². The summed E-state index contributed by atoms with van der Waals surface area (Å²) in [5, 5.41) is 10.2. The third kappa shape index (κ3) is 3.34. The summed E-state index contributed by atoms with van der Waals surface area (Å²) in [6, 6.07) is 39.8. The second-order valence-corrected chi connectivity index (χ2v) is 12.7. The van der Waals surface area contributed by atoms with Crippen molar-refractivity contribution in [3.63, 3.8) is 0 Å². The number of benzene rings is 6. The summed E-state index contributed by atoms with van der Waals surface area (Å²) in [5.74, 6) is 0. The minimum atomic E-state index is 0.928. The highest BCUT2D eigenvalue weighted by Gasteiger charge is 2.20. The van der Waals surface area contributed by atoms with Crippen LogP contribution < -0.4 is 0 Å². The molecule has 0 radical (unpaired) electrons. The number of rotatable bonds is 2. The molecule has 0 bridgehead atoms. The van der Waals surface area contributed by atoms with Crippen LogP contribution in [0.25, 0.3) is 87.4 Å². The van der Waals surface area contributed by atoms with E-state index in [9.17, 15) is 0 Å². The molecule has 0 atom stereocenters. The van der Waals surface area contributed by atoms with Gasteiger partial charge >= 0.3 is 0 Å². The fraction of sp³-hybridized carbons (Fsp3) is 0.0500. The summed E-state index contributed by atoms with van der Waals surface area (Å²) in [6.45, 7) is 0. The Bertz CT molecular complexity index is 2610. The molecule has 0 spiro atoms. The molecule has 3 heteroatoms. The lowest BCUT2D eigenvalue weighted by Crippen LogP contribution is -1.92. The van der Waals surface area contributed by atoms with Crippen molar-refractivity contribution in [3.05, 3.63) is 132 Å². The SMILES string of the molecule is C1=Cc2sc3c(ccc4c(-c5ccc6oc7ccccc7c6c5)cc5cc6c(ccn6-c6ccccc6)cc5c43)c2CC1. The summed E-state index contributed by atoms with van der Waals surface area (Å²) < 4.78 is 9.90. The van der Waals surface area contributed by atoms with E-state index in [0.29, 0.717) is 0 Å². The Morgan fingerprint density at radius 2 is 1.51 bits per heavy atom. The average molecular weight is 568 g/mol. The maximum absolute atomic E-state index is 6.19. The zero-order valence-corrected chi connectivity index (χ0v) is 24.1. The molecule has 0 aliphatic heterocycles. The van der Waals surface area contributed by atoms with Gasteiger partial charge in [0.05, 0.1) is 5.52 Å². The molecular weight excluding hydrogens is 543 g/mol. The molecule has 0 unspecified atom stereocenters. The van der Waals surface area contributed by atoms with Crippen molar-refractivity contribution < 1.29 is 4.42 Å². The normalized spacial score (nSPS) is 13.3. The lowest BCUT2D eigenvalue weighted by Gasteiger charge is -2.14. The lowest BCUT2D eigenvalue weighted by atomic mass is 9.90. The van der Waals surface area contributed by atoms with Crippen LogP contribution in [0.1, 0.15) is 16.9 Å². The zero-order valence-electron chi connectivity index (χ0n) is 23.3. The van der Waals surface area contributed by atoms with E-state index >= 15 is 0 Å². The largest absolute Gasteiger partial charge is 0.456 e. The molecule has 0 N–H and O–H groups in total. The predicted molar refractivity (Wildman–Crippen MR) is 184 cm³/mol. The van der Waals surface area contributed by atoms with Crippen LogP contribution in [0.5, 0.6) is 0 Å². The molecule has 10 rings (SSSR count). The van der Waals surface area contributed by atoms with E-state index in [1.165, 1.54) is 69.8 Å². The third-order valence-electron chi connectivity index (χ3n) is 9.27. The van der Waals surface area contributed by atoms with Crippen molar-refractivity contribution in [1.29, 1.82) is 0 Å². The number of hydrogen-bond donors (Lipinski definition) is 0. The van der Waals surface area contributed by atoms with Crippen LogP contribution in [0, 0.1) is 0 Å². The predicted octanol–water partition coefficient (Wildman–Crippen LogP) is 11.7. The Morgan fingerprint density at radius 1 is 0.651 bits per heavy atom. The fourth-order valence-electron chi connectivity index (χ4n) is 7.25. The highest BCUT2D eigenvalue weighted by molar-refractivity contribution is 7.21. The minimum absolute atomic E-state index is 0.928. The number of fused-ring (bicyclic) bond motifs is 11. The molecule has 43 heavy (non-hydrogen) atoms. The van der Waals surface area contributed by atoms with Gasteiger partial charge < -0.3 is 8.98 Å².